The Labute approximate surface area is 103 Å². The molecule has 0 radical (unpaired) electrons. The van der Waals surface area contributed by atoms with Gasteiger partial charge in [-0.15, -0.1) is 0 Å². The molecule has 17 heavy (non-hydrogen) atoms. The van der Waals surface area contributed by atoms with Crippen LogP contribution in [0.3, 0.4) is 0 Å². The zero-order valence-electron chi connectivity index (χ0n) is 10.1. The normalized spacial score (nSPS) is 15.4. The van der Waals surface area contributed by atoms with E-state index >= 15 is 0 Å². The van der Waals surface area contributed by atoms with Crippen molar-refractivity contribution in [1.82, 2.24) is 5.32 Å². The van der Waals surface area contributed by atoms with Gasteiger partial charge in [0, 0.05) is 12.6 Å². The minimum absolute atomic E-state index is 0.0470. The Morgan fingerprint density at radius 2 is 1.82 bits per heavy atom. The molecule has 90 valence electrons. The third-order valence-electron chi connectivity index (χ3n) is 3.14. The van der Waals surface area contributed by atoms with Crippen LogP contribution in [0.25, 0.3) is 0 Å². The van der Waals surface area contributed by atoms with Crippen LogP contribution < -0.4 is 5.32 Å². The fourth-order valence-corrected chi connectivity index (χ4v) is 2.17. The highest BCUT2D eigenvalue weighted by atomic mass is 16.1. The summed E-state index contributed by atoms with van der Waals surface area (Å²) in [6.07, 6.45) is 7.76. The van der Waals surface area contributed by atoms with Crippen molar-refractivity contribution in [3.63, 3.8) is 0 Å². The first-order chi connectivity index (χ1) is 8.34. The molecule has 1 N–H and O–H groups in total. The Morgan fingerprint density at radius 3 is 2.53 bits per heavy atom. The molecule has 0 spiro atoms. The molecular weight excluding hydrogens is 210 g/mol. The third-order valence-corrected chi connectivity index (χ3v) is 3.14. The van der Waals surface area contributed by atoms with Gasteiger partial charge >= 0.3 is 0 Å². The average molecular weight is 229 g/mol. The van der Waals surface area contributed by atoms with E-state index in [1.807, 2.05) is 30.3 Å². The van der Waals surface area contributed by atoms with Gasteiger partial charge in [0.15, 0.2) is 0 Å². The van der Waals surface area contributed by atoms with Crippen LogP contribution in [-0.4, -0.2) is 5.91 Å². The highest BCUT2D eigenvalue weighted by Gasteiger charge is 2.07. The minimum atomic E-state index is 0.0470. The van der Waals surface area contributed by atoms with E-state index in [1.165, 1.54) is 24.8 Å². The molecule has 2 nitrogen and oxygen atoms in total. The number of benzene rings is 1. The van der Waals surface area contributed by atoms with Gasteiger partial charge in [-0.05, 0) is 31.2 Å². The van der Waals surface area contributed by atoms with E-state index in [2.05, 4.69) is 5.32 Å². The van der Waals surface area contributed by atoms with E-state index in [0.29, 0.717) is 6.54 Å². The maximum Gasteiger partial charge on any atom is 0.244 e. The predicted octanol–water partition coefficient (Wildman–Crippen LogP) is 3.19. The lowest BCUT2D eigenvalue weighted by Gasteiger charge is -2.13. The van der Waals surface area contributed by atoms with E-state index in [1.54, 1.807) is 6.08 Å². The SMILES string of the molecule is O=C(C=C1CCCCC1)NCc1ccccc1. The predicted molar refractivity (Wildman–Crippen MR) is 69.5 cm³/mol. The van der Waals surface area contributed by atoms with Crippen LogP contribution in [0.4, 0.5) is 0 Å². The van der Waals surface area contributed by atoms with Gasteiger partial charge in [0.2, 0.25) is 5.91 Å². The summed E-state index contributed by atoms with van der Waals surface area (Å²) in [5.74, 6) is 0.0470. The summed E-state index contributed by atoms with van der Waals surface area (Å²) in [5.41, 5.74) is 2.45. The lowest BCUT2D eigenvalue weighted by atomic mass is 9.94. The second-order valence-corrected chi connectivity index (χ2v) is 4.57. The average Bonchev–Trinajstić information content (AvgIpc) is 2.39. The van der Waals surface area contributed by atoms with Crippen LogP contribution >= 0.6 is 0 Å². The van der Waals surface area contributed by atoms with E-state index in [9.17, 15) is 4.79 Å². The van der Waals surface area contributed by atoms with Gasteiger partial charge < -0.3 is 5.32 Å². The summed E-state index contributed by atoms with van der Waals surface area (Å²) in [6.45, 7) is 0.615. The maximum absolute atomic E-state index is 11.7. The van der Waals surface area contributed by atoms with E-state index < -0.39 is 0 Å². The van der Waals surface area contributed by atoms with Crippen LogP contribution in [0.15, 0.2) is 42.0 Å². The fraction of sp³-hybridized carbons (Fsp3) is 0.400. The molecule has 0 saturated heterocycles. The Balaban J connectivity index is 1.81. The molecule has 0 aromatic heterocycles. The summed E-state index contributed by atoms with van der Waals surface area (Å²) >= 11 is 0. The number of hydrogen-bond donors (Lipinski definition) is 1. The number of carbonyl (C=O) groups excluding carboxylic acids is 1. The van der Waals surface area contributed by atoms with Gasteiger partial charge in [0.25, 0.3) is 0 Å². The van der Waals surface area contributed by atoms with Gasteiger partial charge in [-0.25, -0.2) is 0 Å². The molecule has 2 rings (SSSR count). The zero-order valence-corrected chi connectivity index (χ0v) is 10.1. The Bertz CT molecular complexity index is 387. The fourth-order valence-electron chi connectivity index (χ4n) is 2.17. The Kier molecular flexibility index (Phi) is 4.37. The molecule has 0 atom stereocenters. The Morgan fingerprint density at radius 1 is 1.12 bits per heavy atom. The standard InChI is InChI=1S/C15H19NO/c17-15(11-13-7-3-1-4-8-13)16-12-14-9-5-2-6-10-14/h2,5-6,9-11H,1,3-4,7-8,12H2,(H,16,17). The van der Waals surface area contributed by atoms with Gasteiger partial charge in [0.05, 0.1) is 0 Å². The number of allylic oxidation sites excluding steroid dienone is 1. The summed E-state index contributed by atoms with van der Waals surface area (Å²) in [7, 11) is 0. The third kappa shape index (κ3) is 4.06. The van der Waals surface area contributed by atoms with E-state index in [-0.39, 0.29) is 5.91 Å². The highest BCUT2D eigenvalue weighted by molar-refractivity contribution is 5.88. The molecule has 2 heteroatoms. The Hall–Kier alpha value is -1.57. The van der Waals surface area contributed by atoms with Crippen molar-refractivity contribution in [2.75, 3.05) is 0 Å². The molecule has 0 aliphatic heterocycles. The molecular formula is C15H19NO. The molecule has 1 saturated carbocycles. The van der Waals surface area contributed by atoms with Gasteiger partial charge in [-0.3, -0.25) is 4.79 Å². The number of rotatable bonds is 3. The van der Waals surface area contributed by atoms with Crippen molar-refractivity contribution in [1.29, 1.82) is 0 Å². The van der Waals surface area contributed by atoms with Crippen molar-refractivity contribution < 1.29 is 4.79 Å². The number of hydrogen-bond acceptors (Lipinski definition) is 1. The summed E-state index contributed by atoms with van der Waals surface area (Å²) < 4.78 is 0. The van der Waals surface area contributed by atoms with E-state index in [4.69, 9.17) is 0 Å². The highest BCUT2D eigenvalue weighted by Crippen LogP contribution is 2.22. The molecule has 1 aliphatic rings. The lowest BCUT2D eigenvalue weighted by molar-refractivity contribution is -0.116. The second kappa shape index (κ2) is 6.24. The first kappa shape index (κ1) is 11.9. The van der Waals surface area contributed by atoms with Crippen LogP contribution in [0.1, 0.15) is 37.7 Å². The number of nitrogens with one attached hydrogen (secondary N) is 1. The first-order valence-electron chi connectivity index (χ1n) is 6.36. The van der Waals surface area contributed by atoms with Crippen LogP contribution in [0, 0.1) is 0 Å². The molecule has 1 aromatic carbocycles. The van der Waals surface area contributed by atoms with Crippen molar-refractivity contribution in [2.45, 2.75) is 38.6 Å². The molecule has 1 aliphatic carbocycles. The molecule has 1 fully saturated rings. The smallest absolute Gasteiger partial charge is 0.244 e. The number of amides is 1. The first-order valence-corrected chi connectivity index (χ1v) is 6.36. The largest absolute Gasteiger partial charge is 0.348 e. The van der Waals surface area contributed by atoms with Crippen LogP contribution in [0.5, 0.6) is 0 Å². The maximum atomic E-state index is 11.7. The molecule has 1 amide bonds. The zero-order chi connectivity index (χ0) is 11.9. The van der Waals surface area contributed by atoms with Gasteiger partial charge in [-0.2, -0.15) is 0 Å². The minimum Gasteiger partial charge on any atom is -0.348 e. The molecule has 0 unspecified atom stereocenters. The monoisotopic (exact) mass is 229 g/mol. The van der Waals surface area contributed by atoms with Crippen LogP contribution in [-0.2, 0) is 11.3 Å². The van der Waals surface area contributed by atoms with Crippen LogP contribution in [0.2, 0.25) is 0 Å². The van der Waals surface area contributed by atoms with Crippen molar-refractivity contribution in [3.05, 3.63) is 47.5 Å². The second-order valence-electron chi connectivity index (χ2n) is 4.57. The summed E-state index contributed by atoms with van der Waals surface area (Å²) in [6, 6.07) is 10.00. The van der Waals surface area contributed by atoms with Gasteiger partial charge in [0.1, 0.15) is 0 Å². The topological polar surface area (TPSA) is 29.1 Å². The quantitative estimate of drug-likeness (QED) is 0.792. The lowest BCUT2D eigenvalue weighted by Crippen LogP contribution is -2.21. The van der Waals surface area contributed by atoms with Crippen molar-refractivity contribution in [3.8, 4) is 0 Å². The number of carbonyl (C=O) groups is 1. The van der Waals surface area contributed by atoms with E-state index in [0.717, 1.165) is 18.4 Å². The molecule has 0 bridgehead atoms. The van der Waals surface area contributed by atoms with Crippen molar-refractivity contribution in [2.24, 2.45) is 0 Å². The van der Waals surface area contributed by atoms with Crippen molar-refractivity contribution >= 4 is 5.91 Å². The molecule has 1 aromatic rings. The summed E-state index contributed by atoms with van der Waals surface area (Å²) in [5, 5.41) is 2.93. The molecule has 0 heterocycles. The van der Waals surface area contributed by atoms with Gasteiger partial charge in [-0.1, -0.05) is 42.3 Å². The summed E-state index contributed by atoms with van der Waals surface area (Å²) in [4.78, 5) is 11.7.